The third kappa shape index (κ3) is 4.36. The maximum Gasteiger partial charge on any atom is 0.251 e. The zero-order chi connectivity index (χ0) is 18.6. The summed E-state index contributed by atoms with van der Waals surface area (Å²) in [5, 5.41) is 3.16. The second kappa shape index (κ2) is 8.72. The normalized spacial score (nSPS) is 33.3. The van der Waals surface area contributed by atoms with Crippen molar-refractivity contribution < 1.29 is 9.53 Å². The molecule has 4 fully saturated rings. The minimum absolute atomic E-state index is 0.0503. The summed E-state index contributed by atoms with van der Waals surface area (Å²) in [5.41, 5.74) is 0.754. The standard InChI is InChI=1S/C22H33N3O2/c1-27-16-20-8-5-10-24(20)14-19-15-25-11-9-18(19)12-21(25)13-23-22(26)17-6-3-2-4-7-17/h2-4,6-7,18-21H,5,8-16H2,1H3,(H,23,26)/t18-,19-,20+,21+/m0/s1. The van der Waals surface area contributed by atoms with Gasteiger partial charge in [0.1, 0.15) is 0 Å². The molecule has 1 N–H and O–H groups in total. The van der Waals surface area contributed by atoms with Crippen LogP contribution in [0.15, 0.2) is 30.3 Å². The molecule has 27 heavy (non-hydrogen) atoms. The number of amides is 1. The van der Waals surface area contributed by atoms with E-state index in [1.54, 1.807) is 0 Å². The highest BCUT2D eigenvalue weighted by Crippen LogP contribution is 2.37. The predicted molar refractivity (Wildman–Crippen MR) is 107 cm³/mol. The summed E-state index contributed by atoms with van der Waals surface area (Å²) >= 11 is 0. The molecule has 1 unspecified atom stereocenters. The molecule has 0 saturated carbocycles. The highest BCUT2D eigenvalue weighted by Gasteiger charge is 2.41. The summed E-state index contributed by atoms with van der Waals surface area (Å²) in [5.74, 6) is 1.63. The molecule has 4 aliphatic heterocycles. The molecule has 0 radical (unpaired) electrons. The van der Waals surface area contributed by atoms with Gasteiger partial charge in [0, 0.05) is 44.4 Å². The van der Waals surface area contributed by atoms with Crippen molar-refractivity contribution in [2.45, 2.75) is 37.8 Å². The highest BCUT2D eigenvalue weighted by molar-refractivity contribution is 5.94. The Morgan fingerprint density at radius 1 is 1.19 bits per heavy atom. The van der Waals surface area contributed by atoms with E-state index in [-0.39, 0.29) is 5.91 Å². The number of fused-ring (bicyclic) bond motifs is 3. The lowest BCUT2D eigenvalue weighted by molar-refractivity contribution is -0.0167. The van der Waals surface area contributed by atoms with Crippen LogP contribution in [0.2, 0.25) is 0 Å². The van der Waals surface area contributed by atoms with Gasteiger partial charge in [0.05, 0.1) is 6.61 Å². The van der Waals surface area contributed by atoms with E-state index in [0.717, 1.165) is 30.6 Å². The molecule has 1 amide bonds. The number of likely N-dealkylation sites (tertiary alicyclic amines) is 1. The van der Waals surface area contributed by atoms with Crippen molar-refractivity contribution in [3.8, 4) is 0 Å². The smallest absolute Gasteiger partial charge is 0.251 e. The number of rotatable bonds is 7. The van der Waals surface area contributed by atoms with Crippen molar-refractivity contribution in [3.05, 3.63) is 35.9 Å². The number of carbonyl (C=O) groups excluding carboxylic acids is 1. The summed E-state index contributed by atoms with van der Waals surface area (Å²) < 4.78 is 5.42. The van der Waals surface area contributed by atoms with Crippen LogP contribution in [-0.2, 0) is 4.74 Å². The first-order valence-corrected chi connectivity index (χ1v) is 10.5. The van der Waals surface area contributed by atoms with Crippen LogP contribution in [0.4, 0.5) is 0 Å². The molecule has 0 aliphatic carbocycles. The van der Waals surface area contributed by atoms with Gasteiger partial charge in [0.25, 0.3) is 5.91 Å². The van der Waals surface area contributed by atoms with E-state index in [4.69, 9.17) is 4.74 Å². The van der Waals surface area contributed by atoms with Gasteiger partial charge in [0.2, 0.25) is 0 Å². The van der Waals surface area contributed by atoms with Gasteiger partial charge in [0.15, 0.2) is 0 Å². The molecular formula is C22H33N3O2. The first kappa shape index (κ1) is 18.9. The largest absolute Gasteiger partial charge is 0.383 e. The number of hydrogen-bond acceptors (Lipinski definition) is 4. The molecular weight excluding hydrogens is 338 g/mol. The van der Waals surface area contributed by atoms with Gasteiger partial charge in [-0.2, -0.15) is 0 Å². The topological polar surface area (TPSA) is 44.8 Å². The molecule has 1 aromatic carbocycles. The van der Waals surface area contributed by atoms with E-state index in [9.17, 15) is 4.79 Å². The van der Waals surface area contributed by atoms with Crippen LogP contribution < -0.4 is 5.32 Å². The minimum Gasteiger partial charge on any atom is -0.383 e. The molecule has 5 nitrogen and oxygen atoms in total. The van der Waals surface area contributed by atoms with Crippen LogP contribution in [0.5, 0.6) is 0 Å². The molecule has 5 rings (SSSR count). The van der Waals surface area contributed by atoms with E-state index in [1.165, 1.54) is 51.9 Å². The Balaban J connectivity index is 1.28. The van der Waals surface area contributed by atoms with Crippen molar-refractivity contribution in [1.29, 1.82) is 0 Å². The van der Waals surface area contributed by atoms with Crippen LogP contribution in [0.25, 0.3) is 0 Å². The number of carbonyl (C=O) groups is 1. The molecule has 4 aliphatic rings. The Labute approximate surface area is 163 Å². The number of nitrogens with one attached hydrogen (secondary N) is 1. The lowest BCUT2D eigenvalue weighted by Gasteiger charge is -2.51. The number of piperidine rings is 3. The lowest BCUT2D eigenvalue weighted by Crippen LogP contribution is -2.58. The van der Waals surface area contributed by atoms with Gasteiger partial charge in [-0.3, -0.25) is 14.6 Å². The summed E-state index contributed by atoms with van der Waals surface area (Å²) in [7, 11) is 1.82. The molecule has 2 bridgehead atoms. The molecule has 0 spiro atoms. The monoisotopic (exact) mass is 371 g/mol. The van der Waals surface area contributed by atoms with Crippen molar-refractivity contribution in [3.63, 3.8) is 0 Å². The molecule has 4 saturated heterocycles. The zero-order valence-corrected chi connectivity index (χ0v) is 16.5. The Bertz CT molecular complexity index is 623. The van der Waals surface area contributed by atoms with Gasteiger partial charge in [-0.05, 0) is 62.7 Å². The molecule has 148 valence electrons. The van der Waals surface area contributed by atoms with Crippen molar-refractivity contribution in [2.75, 3.05) is 46.4 Å². The third-order valence-electron chi connectivity index (χ3n) is 6.88. The third-order valence-corrected chi connectivity index (χ3v) is 6.88. The van der Waals surface area contributed by atoms with Crippen LogP contribution in [0.1, 0.15) is 36.0 Å². The number of ether oxygens (including phenoxy) is 1. The average molecular weight is 372 g/mol. The Morgan fingerprint density at radius 3 is 2.78 bits per heavy atom. The second-order valence-corrected chi connectivity index (χ2v) is 8.52. The van der Waals surface area contributed by atoms with Gasteiger partial charge < -0.3 is 10.1 Å². The van der Waals surface area contributed by atoms with Gasteiger partial charge in [-0.15, -0.1) is 0 Å². The quantitative estimate of drug-likeness (QED) is 0.798. The van der Waals surface area contributed by atoms with Crippen molar-refractivity contribution in [1.82, 2.24) is 15.1 Å². The van der Waals surface area contributed by atoms with Gasteiger partial charge in [-0.1, -0.05) is 18.2 Å². The first-order chi connectivity index (χ1) is 13.2. The van der Waals surface area contributed by atoms with E-state index in [2.05, 4.69) is 15.1 Å². The fourth-order valence-electron chi connectivity index (χ4n) is 5.39. The SMILES string of the molecule is COC[C@H]1CCCN1C[C@H]1CN2CC[C@H]1C[C@@H]2CNC(=O)c1ccccc1. The van der Waals surface area contributed by atoms with Crippen molar-refractivity contribution >= 4 is 5.91 Å². The lowest BCUT2D eigenvalue weighted by atomic mass is 9.75. The summed E-state index contributed by atoms with van der Waals surface area (Å²) in [4.78, 5) is 17.6. The van der Waals surface area contributed by atoms with Crippen LogP contribution >= 0.6 is 0 Å². The van der Waals surface area contributed by atoms with Crippen molar-refractivity contribution in [2.24, 2.45) is 11.8 Å². The maximum atomic E-state index is 12.3. The Kier molecular flexibility index (Phi) is 6.11. The summed E-state index contributed by atoms with van der Waals surface area (Å²) in [6, 6.07) is 10.7. The van der Waals surface area contributed by atoms with E-state index in [1.807, 2.05) is 37.4 Å². The van der Waals surface area contributed by atoms with E-state index >= 15 is 0 Å². The highest BCUT2D eigenvalue weighted by atomic mass is 16.5. The number of methoxy groups -OCH3 is 1. The summed E-state index contributed by atoms with van der Waals surface area (Å²) in [6.07, 6.45) is 5.13. The van der Waals surface area contributed by atoms with Crippen LogP contribution in [0, 0.1) is 11.8 Å². The molecule has 0 aromatic heterocycles. The van der Waals surface area contributed by atoms with Crippen LogP contribution in [-0.4, -0.2) is 74.2 Å². The van der Waals surface area contributed by atoms with E-state index < -0.39 is 0 Å². The Morgan fingerprint density at radius 2 is 2.04 bits per heavy atom. The second-order valence-electron chi connectivity index (χ2n) is 8.52. The molecule has 4 heterocycles. The average Bonchev–Trinajstić information content (AvgIpc) is 3.14. The molecule has 1 aromatic rings. The maximum absolute atomic E-state index is 12.3. The Hall–Kier alpha value is -1.43. The number of nitrogens with zero attached hydrogens (tertiary/aromatic N) is 2. The number of benzene rings is 1. The summed E-state index contributed by atoms with van der Waals surface area (Å²) in [6.45, 7) is 6.47. The zero-order valence-electron chi connectivity index (χ0n) is 16.5. The minimum atomic E-state index is 0.0503. The predicted octanol–water partition coefficient (Wildman–Crippen LogP) is 2.24. The fraction of sp³-hybridized carbons (Fsp3) is 0.682. The fourth-order valence-corrected chi connectivity index (χ4v) is 5.39. The van der Waals surface area contributed by atoms with Gasteiger partial charge >= 0.3 is 0 Å². The van der Waals surface area contributed by atoms with Gasteiger partial charge in [-0.25, -0.2) is 0 Å². The molecule has 5 atom stereocenters. The molecule has 5 heteroatoms. The van der Waals surface area contributed by atoms with E-state index in [0.29, 0.717) is 12.1 Å². The number of hydrogen-bond donors (Lipinski definition) is 1. The van der Waals surface area contributed by atoms with Crippen LogP contribution in [0.3, 0.4) is 0 Å². The first-order valence-electron chi connectivity index (χ1n) is 10.5.